The molecule has 0 bridgehead atoms. The second kappa shape index (κ2) is 8.24. The zero-order valence-electron chi connectivity index (χ0n) is 16.0. The van der Waals surface area contributed by atoms with Crippen molar-refractivity contribution in [1.82, 2.24) is 14.5 Å². The highest BCUT2D eigenvalue weighted by molar-refractivity contribution is 7.99. The number of carbonyl (C=O) groups excluding carboxylic acids is 1. The van der Waals surface area contributed by atoms with E-state index in [-0.39, 0.29) is 23.0 Å². The quantitative estimate of drug-likeness (QED) is 0.617. The molecule has 1 fully saturated rings. The summed E-state index contributed by atoms with van der Waals surface area (Å²) < 4.78 is 14.6. The average molecular weight is 412 g/mol. The van der Waals surface area contributed by atoms with Crippen molar-refractivity contribution in [2.24, 2.45) is 7.05 Å². The highest BCUT2D eigenvalue weighted by Gasteiger charge is 2.22. The topological polar surface area (TPSA) is 58.4 Å². The molecule has 1 aliphatic rings. The van der Waals surface area contributed by atoms with Crippen LogP contribution in [0.4, 0.5) is 10.1 Å². The molecule has 0 saturated carbocycles. The van der Waals surface area contributed by atoms with Crippen molar-refractivity contribution in [3.8, 4) is 0 Å². The zero-order valence-corrected chi connectivity index (χ0v) is 16.9. The third kappa shape index (κ3) is 4.12. The molecule has 1 amide bonds. The number of carbonyl (C=O) groups is 1. The third-order valence-corrected chi connectivity index (χ3v) is 6.04. The van der Waals surface area contributed by atoms with Crippen molar-refractivity contribution < 1.29 is 9.18 Å². The lowest BCUT2D eigenvalue weighted by molar-refractivity contribution is -0.128. The smallest absolute Gasteiger partial charge is 0.283 e. The summed E-state index contributed by atoms with van der Waals surface area (Å²) in [6, 6.07) is 13.8. The number of benzene rings is 2. The zero-order chi connectivity index (χ0) is 20.4. The van der Waals surface area contributed by atoms with E-state index in [4.69, 9.17) is 0 Å². The molecule has 8 heteroatoms. The van der Waals surface area contributed by atoms with Crippen LogP contribution in [0.5, 0.6) is 0 Å². The number of nitrogens with zero attached hydrogens (tertiary/aromatic N) is 4. The Morgan fingerprint density at radius 1 is 1.07 bits per heavy atom. The molecule has 0 spiro atoms. The number of piperazine rings is 1. The van der Waals surface area contributed by atoms with Crippen molar-refractivity contribution in [2.45, 2.75) is 5.03 Å². The Bertz CT molecular complexity index is 1090. The number of aromatic nitrogens is 2. The Morgan fingerprint density at radius 2 is 1.76 bits per heavy atom. The average Bonchev–Trinajstić information content (AvgIpc) is 2.76. The van der Waals surface area contributed by atoms with Gasteiger partial charge >= 0.3 is 0 Å². The van der Waals surface area contributed by atoms with Crippen molar-refractivity contribution in [2.75, 3.05) is 36.8 Å². The van der Waals surface area contributed by atoms with Crippen LogP contribution in [0.15, 0.2) is 58.4 Å². The summed E-state index contributed by atoms with van der Waals surface area (Å²) in [6.07, 6.45) is 0. The van der Waals surface area contributed by atoms with Crippen LogP contribution < -0.4 is 10.5 Å². The molecular weight excluding hydrogens is 391 g/mol. The second-order valence-electron chi connectivity index (χ2n) is 6.90. The van der Waals surface area contributed by atoms with E-state index in [1.54, 1.807) is 28.6 Å². The lowest BCUT2D eigenvalue weighted by Gasteiger charge is -2.36. The molecule has 0 N–H and O–H groups in total. The molecule has 2 heterocycles. The van der Waals surface area contributed by atoms with Gasteiger partial charge in [0.25, 0.3) is 5.56 Å². The number of hydrogen-bond acceptors (Lipinski definition) is 5. The molecule has 0 radical (unpaired) electrons. The summed E-state index contributed by atoms with van der Waals surface area (Å²) in [5, 5.41) is 0.337. The Morgan fingerprint density at radius 3 is 2.48 bits per heavy atom. The van der Waals surface area contributed by atoms with Crippen LogP contribution in [0.25, 0.3) is 11.0 Å². The van der Waals surface area contributed by atoms with Gasteiger partial charge in [0.2, 0.25) is 5.91 Å². The standard InChI is InChI=1S/C21H21FN4O2S/c1-24-18-5-3-2-4-17(18)23-20(21(24)28)29-14-19(27)26-12-10-25(11-13-26)16-8-6-15(22)7-9-16/h2-9H,10-14H2,1H3. The van der Waals surface area contributed by atoms with E-state index in [0.29, 0.717) is 31.2 Å². The van der Waals surface area contributed by atoms with Crippen LogP contribution in [-0.2, 0) is 11.8 Å². The first-order chi connectivity index (χ1) is 14.0. The number of fused-ring (bicyclic) bond motifs is 1. The van der Waals surface area contributed by atoms with Gasteiger partial charge in [-0.3, -0.25) is 9.59 Å². The predicted octanol–water partition coefficient (Wildman–Crippen LogP) is 2.51. The molecule has 1 aliphatic heterocycles. The van der Waals surface area contributed by atoms with Gasteiger partial charge < -0.3 is 14.4 Å². The fraction of sp³-hybridized carbons (Fsp3) is 0.286. The Kier molecular flexibility index (Phi) is 5.53. The first kappa shape index (κ1) is 19.4. The van der Waals surface area contributed by atoms with Crippen LogP contribution >= 0.6 is 11.8 Å². The van der Waals surface area contributed by atoms with E-state index in [0.717, 1.165) is 16.7 Å². The first-order valence-corrected chi connectivity index (χ1v) is 10.4. The lowest BCUT2D eigenvalue weighted by Crippen LogP contribution is -2.49. The summed E-state index contributed by atoms with van der Waals surface area (Å²) in [5.74, 6) is -0.0873. The first-order valence-electron chi connectivity index (χ1n) is 9.40. The van der Waals surface area contributed by atoms with E-state index in [9.17, 15) is 14.0 Å². The van der Waals surface area contributed by atoms with Gasteiger partial charge in [-0.15, -0.1) is 0 Å². The fourth-order valence-electron chi connectivity index (χ4n) is 3.43. The highest BCUT2D eigenvalue weighted by atomic mass is 32.2. The normalized spacial score (nSPS) is 14.4. The maximum atomic E-state index is 13.1. The Hall–Kier alpha value is -2.87. The van der Waals surface area contributed by atoms with Crippen molar-refractivity contribution in [1.29, 1.82) is 0 Å². The van der Waals surface area contributed by atoms with Crippen LogP contribution in [0.3, 0.4) is 0 Å². The molecule has 1 saturated heterocycles. The minimum absolute atomic E-state index is 0.00855. The number of halogens is 1. The molecule has 4 rings (SSSR count). The van der Waals surface area contributed by atoms with E-state index >= 15 is 0 Å². The molecule has 1 aromatic heterocycles. The molecule has 3 aromatic rings. The van der Waals surface area contributed by atoms with E-state index in [1.165, 1.54) is 23.9 Å². The van der Waals surface area contributed by atoms with E-state index < -0.39 is 0 Å². The molecule has 0 unspecified atom stereocenters. The van der Waals surface area contributed by atoms with Crippen LogP contribution in [0.2, 0.25) is 0 Å². The number of aryl methyl sites for hydroxylation is 1. The molecule has 29 heavy (non-hydrogen) atoms. The summed E-state index contributed by atoms with van der Waals surface area (Å²) in [7, 11) is 1.72. The van der Waals surface area contributed by atoms with Gasteiger partial charge in [-0.05, 0) is 36.4 Å². The maximum absolute atomic E-state index is 13.1. The van der Waals surface area contributed by atoms with Gasteiger partial charge in [-0.1, -0.05) is 23.9 Å². The van der Waals surface area contributed by atoms with Gasteiger partial charge in [0.15, 0.2) is 5.03 Å². The minimum atomic E-state index is -0.256. The van der Waals surface area contributed by atoms with E-state index in [2.05, 4.69) is 9.88 Å². The van der Waals surface area contributed by atoms with Crippen LogP contribution in [0, 0.1) is 5.82 Å². The van der Waals surface area contributed by atoms with Gasteiger partial charge in [0, 0.05) is 38.9 Å². The molecule has 0 aliphatic carbocycles. The summed E-state index contributed by atoms with van der Waals surface area (Å²) in [5.41, 5.74) is 2.27. The molecule has 0 atom stereocenters. The van der Waals surface area contributed by atoms with Gasteiger partial charge in [-0.25, -0.2) is 9.37 Å². The predicted molar refractivity (Wildman–Crippen MR) is 113 cm³/mol. The number of rotatable bonds is 4. The number of para-hydroxylation sites is 2. The molecular formula is C21H21FN4O2S. The Labute approximate surface area is 171 Å². The number of hydrogen-bond donors (Lipinski definition) is 0. The molecule has 6 nitrogen and oxygen atoms in total. The lowest BCUT2D eigenvalue weighted by atomic mass is 10.2. The van der Waals surface area contributed by atoms with Crippen LogP contribution in [-0.4, -0.2) is 52.3 Å². The number of amides is 1. The van der Waals surface area contributed by atoms with Crippen molar-refractivity contribution >= 4 is 34.4 Å². The fourth-order valence-corrected chi connectivity index (χ4v) is 4.30. The SMILES string of the molecule is Cn1c(=O)c(SCC(=O)N2CCN(c3ccc(F)cc3)CC2)nc2ccccc21. The van der Waals surface area contributed by atoms with Crippen molar-refractivity contribution in [3.05, 3.63) is 64.7 Å². The van der Waals surface area contributed by atoms with Crippen LogP contribution in [0.1, 0.15) is 0 Å². The number of thioether (sulfide) groups is 1. The van der Waals surface area contributed by atoms with Gasteiger partial charge in [0.05, 0.1) is 16.8 Å². The highest BCUT2D eigenvalue weighted by Crippen LogP contribution is 2.19. The monoisotopic (exact) mass is 412 g/mol. The Balaban J connectivity index is 1.37. The van der Waals surface area contributed by atoms with Gasteiger partial charge in [-0.2, -0.15) is 0 Å². The van der Waals surface area contributed by atoms with Crippen molar-refractivity contribution in [3.63, 3.8) is 0 Å². The molecule has 2 aromatic carbocycles. The third-order valence-electron chi connectivity index (χ3n) is 5.11. The largest absolute Gasteiger partial charge is 0.368 e. The summed E-state index contributed by atoms with van der Waals surface area (Å²) in [6.45, 7) is 2.58. The summed E-state index contributed by atoms with van der Waals surface area (Å²) in [4.78, 5) is 33.5. The van der Waals surface area contributed by atoms with E-state index in [1.807, 2.05) is 24.3 Å². The summed E-state index contributed by atoms with van der Waals surface area (Å²) >= 11 is 1.19. The number of anilines is 1. The van der Waals surface area contributed by atoms with Gasteiger partial charge in [0.1, 0.15) is 5.82 Å². The second-order valence-corrected chi connectivity index (χ2v) is 7.87. The molecule has 150 valence electrons. The maximum Gasteiger partial charge on any atom is 0.283 e. The minimum Gasteiger partial charge on any atom is -0.368 e.